The maximum atomic E-state index is 5.43. The Morgan fingerprint density at radius 3 is 2.08 bits per heavy atom. The van der Waals surface area contributed by atoms with Gasteiger partial charge in [-0.1, -0.05) is 6.58 Å². The summed E-state index contributed by atoms with van der Waals surface area (Å²) in [7, 11) is 6.40. The molecule has 1 N–H and O–H groups in total. The smallest absolute Gasteiger partial charge is 0.203 e. The molecule has 0 saturated heterocycles. The molecule has 0 unspecified atom stereocenters. The first-order valence-corrected chi connectivity index (χ1v) is 8.07. The van der Waals surface area contributed by atoms with Crippen LogP contribution in [0.1, 0.15) is 16.8 Å². The van der Waals surface area contributed by atoms with Gasteiger partial charge in [-0.25, -0.2) is 0 Å². The summed E-state index contributed by atoms with van der Waals surface area (Å²) in [4.78, 5) is 0. The largest absolute Gasteiger partial charge is 0.496 e. The average Bonchev–Trinajstić information content (AvgIpc) is 3.11. The number of rotatable bonds is 6. The van der Waals surface area contributed by atoms with Gasteiger partial charge in [-0.2, -0.15) is 5.10 Å². The topological polar surface area (TPSA) is 65.6 Å². The zero-order valence-corrected chi connectivity index (χ0v) is 15.6. The van der Waals surface area contributed by atoms with Gasteiger partial charge < -0.3 is 18.9 Å². The van der Waals surface area contributed by atoms with E-state index in [1.165, 1.54) is 0 Å². The number of aromatic nitrogens is 2. The van der Waals surface area contributed by atoms with Crippen LogP contribution >= 0.6 is 0 Å². The number of nitrogens with one attached hydrogen (secondary N) is 1. The highest BCUT2D eigenvalue weighted by molar-refractivity contribution is 5.96. The summed E-state index contributed by atoms with van der Waals surface area (Å²) in [6, 6.07) is 7.63. The molecule has 3 aromatic rings. The molecule has 1 aromatic heterocycles. The van der Waals surface area contributed by atoms with Crippen molar-refractivity contribution in [2.75, 3.05) is 28.4 Å². The monoisotopic (exact) mass is 354 g/mol. The molecule has 0 atom stereocenters. The third-order valence-corrected chi connectivity index (χ3v) is 4.47. The number of aromatic amines is 1. The van der Waals surface area contributed by atoms with Crippen LogP contribution in [-0.4, -0.2) is 38.6 Å². The van der Waals surface area contributed by atoms with Crippen LogP contribution < -0.4 is 18.9 Å². The van der Waals surface area contributed by atoms with E-state index in [0.717, 1.165) is 39.0 Å². The molecule has 0 bridgehead atoms. The highest BCUT2D eigenvalue weighted by Gasteiger charge is 2.18. The first-order valence-electron chi connectivity index (χ1n) is 8.07. The lowest BCUT2D eigenvalue weighted by Crippen LogP contribution is -1.97. The van der Waals surface area contributed by atoms with Crippen LogP contribution in [0.15, 0.2) is 30.8 Å². The van der Waals surface area contributed by atoms with E-state index in [-0.39, 0.29) is 0 Å². The van der Waals surface area contributed by atoms with Gasteiger partial charge in [0.2, 0.25) is 5.75 Å². The second-order valence-electron chi connectivity index (χ2n) is 5.78. The third-order valence-electron chi connectivity index (χ3n) is 4.47. The summed E-state index contributed by atoms with van der Waals surface area (Å²) in [5.74, 6) is 2.49. The van der Waals surface area contributed by atoms with Gasteiger partial charge in [0.1, 0.15) is 5.75 Å². The Morgan fingerprint density at radius 1 is 0.923 bits per heavy atom. The molecule has 0 aliphatic rings. The van der Waals surface area contributed by atoms with Gasteiger partial charge in [-0.05, 0) is 36.8 Å². The van der Waals surface area contributed by atoms with Crippen LogP contribution in [0.25, 0.3) is 16.5 Å². The normalized spacial score (nSPS) is 10.7. The molecule has 6 heteroatoms. The highest BCUT2D eigenvalue weighted by Crippen LogP contribution is 2.41. The van der Waals surface area contributed by atoms with Gasteiger partial charge in [0.15, 0.2) is 11.5 Å². The van der Waals surface area contributed by atoms with Gasteiger partial charge in [-0.15, -0.1) is 0 Å². The van der Waals surface area contributed by atoms with Gasteiger partial charge >= 0.3 is 0 Å². The van der Waals surface area contributed by atoms with Crippen molar-refractivity contribution in [1.29, 1.82) is 0 Å². The molecule has 26 heavy (non-hydrogen) atoms. The molecule has 0 fully saturated rings. The van der Waals surface area contributed by atoms with Crippen LogP contribution in [-0.2, 0) is 0 Å². The van der Waals surface area contributed by atoms with Gasteiger partial charge in [0.25, 0.3) is 0 Å². The number of methoxy groups -OCH3 is 4. The fourth-order valence-electron chi connectivity index (χ4n) is 3.05. The Kier molecular flexibility index (Phi) is 4.75. The van der Waals surface area contributed by atoms with Crippen molar-refractivity contribution in [1.82, 2.24) is 10.2 Å². The van der Waals surface area contributed by atoms with E-state index in [0.29, 0.717) is 17.2 Å². The van der Waals surface area contributed by atoms with E-state index in [2.05, 4.69) is 16.8 Å². The van der Waals surface area contributed by atoms with Gasteiger partial charge in [0.05, 0.1) is 39.6 Å². The van der Waals surface area contributed by atoms with Crippen molar-refractivity contribution in [2.24, 2.45) is 0 Å². The molecule has 0 aliphatic carbocycles. The number of fused-ring (bicyclic) bond motifs is 1. The Labute approximate surface area is 152 Å². The lowest BCUT2D eigenvalue weighted by Gasteiger charge is -2.14. The second-order valence-corrected chi connectivity index (χ2v) is 5.78. The fraction of sp³-hybridized carbons (Fsp3) is 0.250. The maximum absolute atomic E-state index is 5.43. The summed E-state index contributed by atoms with van der Waals surface area (Å²) in [5, 5.41) is 8.53. The predicted molar refractivity (Wildman–Crippen MR) is 102 cm³/mol. The van der Waals surface area contributed by atoms with Crippen LogP contribution in [0.2, 0.25) is 0 Å². The molecular weight excluding hydrogens is 332 g/mol. The summed E-state index contributed by atoms with van der Waals surface area (Å²) in [6.07, 6.45) is 0. The number of hydrogen-bond donors (Lipinski definition) is 1. The zero-order chi connectivity index (χ0) is 18.8. The quantitative estimate of drug-likeness (QED) is 0.726. The van der Waals surface area contributed by atoms with Crippen molar-refractivity contribution < 1.29 is 18.9 Å². The molecule has 2 aromatic carbocycles. The molecule has 0 radical (unpaired) electrons. The minimum absolute atomic E-state index is 0.541. The molecule has 0 aliphatic heterocycles. The Bertz CT molecular complexity index is 950. The molecule has 0 saturated carbocycles. The number of benzene rings is 2. The summed E-state index contributed by atoms with van der Waals surface area (Å²) in [6.45, 7) is 6.22. The summed E-state index contributed by atoms with van der Waals surface area (Å²) >= 11 is 0. The Morgan fingerprint density at radius 2 is 1.54 bits per heavy atom. The SMILES string of the molecule is C=C(c1cc(OC)c(OC)c(OC)c1)c1n[nH]c2c(C)c(OC)ccc12. The molecule has 0 amide bonds. The standard InChI is InChI=1S/C20H22N2O4/c1-11(13-9-16(24-4)20(26-6)17(10-13)25-5)18-14-7-8-15(23-3)12(2)19(14)22-21-18/h7-10H,1H2,2-6H3,(H,21,22). The summed E-state index contributed by atoms with van der Waals surface area (Å²) in [5.41, 5.74) is 4.27. The molecule has 0 spiro atoms. The first-order chi connectivity index (χ1) is 12.5. The third kappa shape index (κ3) is 2.73. The lowest BCUT2D eigenvalue weighted by molar-refractivity contribution is 0.324. The molecule has 6 nitrogen and oxygen atoms in total. The number of nitrogens with zero attached hydrogens (tertiary/aromatic N) is 1. The van der Waals surface area contributed by atoms with Crippen molar-refractivity contribution in [3.05, 3.63) is 47.7 Å². The van der Waals surface area contributed by atoms with E-state index >= 15 is 0 Å². The highest BCUT2D eigenvalue weighted by atomic mass is 16.5. The zero-order valence-electron chi connectivity index (χ0n) is 15.6. The van der Waals surface area contributed by atoms with Crippen LogP contribution in [0.4, 0.5) is 0 Å². The number of H-pyrrole nitrogens is 1. The van der Waals surface area contributed by atoms with E-state index < -0.39 is 0 Å². The Balaban J connectivity index is 2.13. The lowest BCUT2D eigenvalue weighted by atomic mass is 9.99. The minimum atomic E-state index is 0.541. The molecule has 1 heterocycles. The average molecular weight is 354 g/mol. The van der Waals surface area contributed by atoms with E-state index in [1.807, 2.05) is 31.2 Å². The Hall–Kier alpha value is -3.15. The van der Waals surface area contributed by atoms with Gasteiger partial charge in [-0.3, -0.25) is 5.10 Å². The van der Waals surface area contributed by atoms with Crippen LogP contribution in [0, 0.1) is 6.92 Å². The summed E-state index contributed by atoms with van der Waals surface area (Å²) < 4.78 is 21.6. The predicted octanol–water partition coefficient (Wildman–Crippen LogP) is 3.97. The van der Waals surface area contributed by atoms with E-state index in [1.54, 1.807) is 28.4 Å². The molecule has 3 rings (SSSR count). The first kappa shape index (κ1) is 17.7. The van der Waals surface area contributed by atoms with Crippen molar-refractivity contribution in [2.45, 2.75) is 6.92 Å². The van der Waals surface area contributed by atoms with Crippen molar-refractivity contribution in [3.8, 4) is 23.0 Å². The maximum Gasteiger partial charge on any atom is 0.203 e. The van der Waals surface area contributed by atoms with E-state index in [4.69, 9.17) is 18.9 Å². The van der Waals surface area contributed by atoms with E-state index in [9.17, 15) is 0 Å². The number of ether oxygens (including phenoxy) is 4. The molecular formula is C20H22N2O4. The van der Waals surface area contributed by atoms with Crippen molar-refractivity contribution >= 4 is 16.5 Å². The number of hydrogen-bond acceptors (Lipinski definition) is 5. The fourth-order valence-corrected chi connectivity index (χ4v) is 3.05. The second kappa shape index (κ2) is 7.00. The van der Waals surface area contributed by atoms with Crippen LogP contribution in [0.5, 0.6) is 23.0 Å². The van der Waals surface area contributed by atoms with Crippen molar-refractivity contribution in [3.63, 3.8) is 0 Å². The minimum Gasteiger partial charge on any atom is -0.496 e. The van der Waals surface area contributed by atoms with Crippen LogP contribution in [0.3, 0.4) is 0 Å². The van der Waals surface area contributed by atoms with Gasteiger partial charge in [0, 0.05) is 16.5 Å². The number of aryl methyl sites for hydroxylation is 1. The molecule has 136 valence electrons.